The van der Waals surface area contributed by atoms with Gasteiger partial charge in [-0.05, 0) is 123 Å². The molecule has 7 aromatic rings. The fourth-order valence-electron chi connectivity index (χ4n) is 9.67. The van der Waals surface area contributed by atoms with E-state index in [1.165, 1.54) is 128 Å². The van der Waals surface area contributed by atoms with Crippen LogP contribution >= 0.6 is 0 Å². The van der Waals surface area contributed by atoms with Gasteiger partial charge in [0.25, 0.3) is 0 Å². The highest BCUT2D eigenvalue weighted by Gasteiger charge is 2.10. The maximum Gasteiger partial charge on any atom is 0.162 e. The third kappa shape index (κ3) is 22.0. The first-order chi connectivity index (χ1) is 40.5. The molecule has 7 rings (SSSR count). The zero-order chi connectivity index (χ0) is 57.1. The Kier molecular flexibility index (Phi) is 27.7. The lowest BCUT2D eigenvalue weighted by Crippen LogP contribution is -2.03. The van der Waals surface area contributed by atoms with E-state index in [0.29, 0.717) is 26.4 Å². The summed E-state index contributed by atoms with van der Waals surface area (Å²) in [5.74, 6) is 29.8. The average molecular weight is 1090 g/mol. The first kappa shape index (κ1) is 62.0. The number of benzene rings is 5. The Bertz CT molecular complexity index is 3070. The van der Waals surface area contributed by atoms with Crippen molar-refractivity contribution in [3.8, 4) is 70.4 Å². The first-order valence-electron chi connectivity index (χ1n) is 31.3. The summed E-state index contributed by atoms with van der Waals surface area (Å²) in [4.78, 5) is 9.66. The summed E-state index contributed by atoms with van der Waals surface area (Å²) in [6.45, 7) is 11.8. The molecule has 0 fully saturated rings. The van der Waals surface area contributed by atoms with E-state index in [2.05, 4.69) is 99.3 Å². The molecule has 0 radical (unpaired) electrons. The minimum absolute atomic E-state index is 0.681. The lowest BCUT2D eigenvalue weighted by molar-refractivity contribution is 0.258. The van der Waals surface area contributed by atoms with Crippen molar-refractivity contribution in [2.75, 3.05) is 26.4 Å². The van der Waals surface area contributed by atoms with Crippen LogP contribution in [0.15, 0.2) is 122 Å². The van der Waals surface area contributed by atoms with Crippen LogP contribution in [0.3, 0.4) is 0 Å². The number of hydrogen-bond donors (Lipinski definition) is 0. The van der Waals surface area contributed by atoms with E-state index in [9.17, 15) is 0 Å². The topological polar surface area (TPSA) is 62.7 Å². The van der Waals surface area contributed by atoms with Crippen molar-refractivity contribution in [2.24, 2.45) is 0 Å². The quantitative estimate of drug-likeness (QED) is 0.0238. The summed E-state index contributed by atoms with van der Waals surface area (Å²) in [5.41, 5.74) is 8.77. The second-order valence-electron chi connectivity index (χ2n) is 21.6. The molecule has 0 aliphatic carbocycles. The largest absolute Gasteiger partial charge is 0.490 e. The van der Waals surface area contributed by atoms with Gasteiger partial charge in [-0.15, -0.1) is 0 Å². The maximum absolute atomic E-state index is 6.31. The van der Waals surface area contributed by atoms with Crippen molar-refractivity contribution in [1.29, 1.82) is 0 Å². The maximum atomic E-state index is 6.31. The van der Waals surface area contributed by atoms with Gasteiger partial charge in [0, 0.05) is 67.7 Å². The minimum Gasteiger partial charge on any atom is -0.490 e. The summed E-state index contributed by atoms with van der Waals surface area (Å²) < 4.78 is 25.1. The Balaban J connectivity index is 0.931. The van der Waals surface area contributed by atoms with Crippen LogP contribution in [0.5, 0.6) is 23.0 Å². The molecular weight excluding hydrogens is 1000 g/mol. The molecule has 5 aromatic carbocycles. The molecule has 426 valence electrons. The molecule has 0 atom stereocenters. The number of nitrogens with zero attached hydrogens (tertiary/aromatic N) is 2. The highest BCUT2D eigenvalue weighted by molar-refractivity contribution is 6.03. The van der Waals surface area contributed by atoms with Gasteiger partial charge in [0.1, 0.15) is 0 Å². The smallest absolute Gasteiger partial charge is 0.162 e. The van der Waals surface area contributed by atoms with Crippen molar-refractivity contribution in [3.05, 3.63) is 166 Å². The van der Waals surface area contributed by atoms with E-state index in [4.69, 9.17) is 28.9 Å². The van der Waals surface area contributed by atoms with Crippen molar-refractivity contribution in [1.82, 2.24) is 9.97 Å². The standard InChI is InChI=1S/C76H88N2O4/c1-5-9-13-17-21-25-51-79-71-49-45-65(57-73(71)81-53-27-23-19-15-11-7-3)41-37-61-29-33-63(34-30-61)39-43-67-55-69-47-48-70-56-68(60-78-76(70)75(69)77-59-67)44-40-64-35-31-62(32-36-64)38-42-66-46-50-72(80-52-26-22-18-14-10-6-2)74(58-66)82-54-28-24-20-16-12-8-4/h29-36,45-50,55-60H,5-28,51-54H2,1-4H3. The summed E-state index contributed by atoms with van der Waals surface area (Å²) in [5, 5.41) is 1.96. The zero-order valence-corrected chi connectivity index (χ0v) is 49.9. The average Bonchev–Trinajstić information content (AvgIpc) is 3.69. The van der Waals surface area contributed by atoms with Gasteiger partial charge >= 0.3 is 0 Å². The number of unbranched alkanes of at least 4 members (excludes halogenated alkanes) is 20. The predicted molar refractivity (Wildman–Crippen MR) is 342 cm³/mol. The molecule has 82 heavy (non-hydrogen) atoms. The molecule has 2 aromatic heterocycles. The molecule has 2 heterocycles. The Morgan fingerprint density at radius 2 is 0.512 bits per heavy atom. The van der Waals surface area contributed by atoms with Gasteiger partial charge in [-0.1, -0.05) is 216 Å². The third-order valence-electron chi connectivity index (χ3n) is 14.6. The Morgan fingerprint density at radius 1 is 0.256 bits per heavy atom. The molecule has 0 unspecified atom stereocenters. The Morgan fingerprint density at radius 3 is 0.829 bits per heavy atom. The molecule has 6 nitrogen and oxygen atoms in total. The highest BCUT2D eigenvalue weighted by Crippen LogP contribution is 2.31. The Labute approximate surface area is 493 Å². The Hall–Kier alpha value is -7.64. The number of pyridine rings is 2. The minimum atomic E-state index is 0.681. The number of fused-ring (bicyclic) bond motifs is 3. The molecule has 6 heteroatoms. The summed E-state index contributed by atoms with van der Waals surface area (Å²) in [6, 6.07) is 36.6. The molecule has 0 aliphatic rings. The van der Waals surface area contributed by atoms with Crippen LogP contribution in [0.4, 0.5) is 0 Å². The van der Waals surface area contributed by atoms with E-state index in [-0.39, 0.29) is 0 Å². The fraction of sp³-hybridized carbons (Fsp3) is 0.421. The molecular formula is C76H88N2O4. The van der Waals surface area contributed by atoms with E-state index in [1.54, 1.807) is 0 Å². The van der Waals surface area contributed by atoms with E-state index in [1.807, 2.05) is 97.3 Å². The van der Waals surface area contributed by atoms with Crippen molar-refractivity contribution >= 4 is 21.8 Å². The van der Waals surface area contributed by atoms with E-state index < -0.39 is 0 Å². The van der Waals surface area contributed by atoms with Crippen molar-refractivity contribution in [2.45, 2.75) is 182 Å². The number of ether oxygens (including phenoxy) is 4. The van der Waals surface area contributed by atoms with Crippen LogP contribution in [0, 0.1) is 47.4 Å². The fourth-order valence-corrected chi connectivity index (χ4v) is 9.67. The predicted octanol–water partition coefficient (Wildman–Crippen LogP) is 19.3. The number of aromatic nitrogens is 2. The summed E-state index contributed by atoms with van der Waals surface area (Å²) >= 11 is 0. The van der Waals surface area contributed by atoms with Gasteiger partial charge in [-0.3, -0.25) is 9.97 Å². The number of rotatable bonds is 32. The highest BCUT2D eigenvalue weighted by atomic mass is 16.5. The van der Waals surface area contributed by atoms with E-state index in [0.717, 1.165) is 115 Å². The lowest BCUT2D eigenvalue weighted by Gasteiger charge is -2.13. The van der Waals surface area contributed by atoms with Crippen LogP contribution in [-0.4, -0.2) is 36.4 Å². The lowest BCUT2D eigenvalue weighted by atomic mass is 10.1. The van der Waals surface area contributed by atoms with Gasteiger partial charge in [0.05, 0.1) is 37.5 Å². The second kappa shape index (κ2) is 36.7. The van der Waals surface area contributed by atoms with Crippen LogP contribution in [-0.2, 0) is 0 Å². The van der Waals surface area contributed by atoms with Crippen LogP contribution < -0.4 is 18.9 Å². The number of hydrogen-bond acceptors (Lipinski definition) is 6. The van der Waals surface area contributed by atoms with Gasteiger partial charge in [-0.2, -0.15) is 0 Å². The SMILES string of the molecule is CCCCCCCCOc1ccc(C#Cc2ccc(C#Cc3cnc4c(ccc5cc(C#Cc6ccc(C#Cc7ccc(OCCCCCCCC)c(OCCCCCCCC)c7)cc6)cnc54)c3)cc2)cc1OCCCCCCCC. The van der Waals surface area contributed by atoms with Crippen LogP contribution in [0.1, 0.15) is 226 Å². The monoisotopic (exact) mass is 1090 g/mol. The van der Waals surface area contributed by atoms with Gasteiger partial charge < -0.3 is 18.9 Å². The third-order valence-corrected chi connectivity index (χ3v) is 14.6. The molecule has 0 spiro atoms. The summed E-state index contributed by atoms with van der Waals surface area (Å²) in [7, 11) is 0. The van der Waals surface area contributed by atoms with Gasteiger partial charge in [0.15, 0.2) is 23.0 Å². The zero-order valence-electron chi connectivity index (χ0n) is 49.9. The molecule has 0 saturated heterocycles. The molecule has 0 N–H and O–H groups in total. The second-order valence-corrected chi connectivity index (χ2v) is 21.6. The molecule has 0 saturated carbocycles. The molecule has 0 aliphatic heterocycles. The first-order valence-corrected chi connectivity index (χ1v) is 31.3. The van der Waals surface area contributed by atoms with Crippen LogP contribution in [0.25, 0.3) is 21.8 Å². The molecule has 0 bridgehead atoms. The molecule has 0 amide bonds. The normalized spacial score (nSPS) is 10.7. The van der Waals surface area contributed by atoms with E-state index >= 15 is 0 Å². The van der Waals surface area contributed by atoms with Crippen LogP contribution in [0.2, 0.25) is 0 Å². The van der Waals surface area contributed by atoms with Crippen molar-refractivity contribution in [3.63, 3.8) is 0 Å². The van der Waals surface area contributed by atoms with Gasteiger partial charge in [0.2, 0.25) is 0 Å². The van der Waals surface area contributed by atoms with Gasteiger partial charge in [-0.25, -0.2) is 0 Å². The van der Waals surface area contributed by atoms with Crippen molar-refractivity contribution < 1.29 is 18.9 Å². The summed E-state index contributed by atoms with van der Waals surface area (Å²) in [6.07, 6.45) is 33.1.